The quantitative estimate of drug-likeness (QED) is 0.405. The number of aryl methyl sites for hydroxylation is 1. The molecule has 3 aromatic rings. The van der Waals surface area contributed by atoms with Gasteiger partial charge in [-0.15, -0.1) is 17.5 Å². The van der Waals surface area contributed by atoms with Crippen LogP contribution in [0.15, 0.2) is 48.5 Å². The summed E-state index contributed by atoms with van der Waals surface area (Å²) in [6.45, 7) is -0.806. The average molecular weight is 578 g/mol. The van der Waals surface area contributed by atoms with Gasteiger partial charge in [-0.25, -0.2) is 4.68 Å². The lowest BCUT2D eigenvalue weighted by atomic mass is 9.79. The second kappa shape index (κ2) is 10.7. The minimum Gasteiger partial charge on any atom is -0.393 e. The van der Waals surface area contributed by atoms with E-state index in [1.54, 1.807) is 11.7 Å². The highest BCUT2D eigenvalue weighted by Crippen LogP contribution is 2.51. The zero-order valence-corrected chi connectivity index (χ0v) is 21.4. The molecule has 5 atom stereocenters. The van der Waals surface area contributed by atoms with E-state index in [2.05, 4.69) is 20.8 Å². The van der Waals surface area contributed by atoms with Gasteiger partial charge in [0.1, 0.15) is 6.10 Å². The van der Waals surface area contributed by atoms with Gasteiger partial charge in [-0.3, -0.25) is 0 Å². The molecule has 1 unspecified atom stereocenters. The molecule has 2 saturated heterocycles. The zero-order chi connectivity index (χ0) is 27.3. The molecule has 2 aromatic carbocycles. The summed E-state index contributed by atoms with van der Waals surface area (Å²) in [5, 5.41) is 25.6. The minimum atomic E-state index is -5.01. The fourth-order valence-corrected chi connectivity index (χ4v) is 5.77. The second-order valence-corrected chi connectivity index (χ2v) is 9.77. The summed E-state index contributed by atoms with van der Waals surface area (Å²) in [5.41, 5.74) is -3.29. The van der Waals surface area contributed by atoms with Gasteiger partial charge < -0.3 is 15.2 Å². The first-order valence-electron chi connectivity index (χ1n) is 12.0. The number of hydrogen-bond donors (Lipinski definition) is 2. The third kappa shape index (κ3) is 5.49. The van der Waals surface area contributed by atoms with Gasteiger partial charge in [-0.1, -0.05) is 30.3 Å². The number of rotatable bonds is 6. The van der Waals surface area contributed by atoms with Crippen LogP contribution in [0.4, 0.5) is 26.3 Å². The molecule has 2 aliphatic heterocycles. The fourth-order valence-electron chi connectivity index (χ4n) is 5.77. The molecule has 0 aliphatic carbocycles. The maximum Gasteiger partial charge on any atom is 0.416 e. The molecular weight excluding hydrogens is 552 g/mol. The Morgan fingerprint density at radius 2 is 1.69 bits per heavy atom. The fraction of sp³-hybridized carbons (Fsp3) is 0.480. The van der Waals surface area contributed by atoms with Gasteiger partial charge in [0.15, 0.2) is 5.82 Å². The highest BCUT2D eigenvalue weighted by Gasteiger charge is 2.56. The van der Waals surface area contributed by atoms with Gasteiger partial charge in [0.05, 0.1) is 29.4 Å². The standard InChI is InChI=1S/C25H25F6N5O2.ClH/c1-36-22(33-34-35-36)18-12-23(15-5-3-2-4-6-15)21(8-7-19(18)32-23)38-20(13-37)14-9-16(24(26,27)28)11-17(10-14)25(29,30)31;/h2-6,9-11,18-21,32,37H,7-8,12-13H2,1H3;1H/t18?,19-,20-,21+,23+;/m0./s1. The number of fused-ring (bicyclic) bond motifs is 2. The van der Waals surface area contributed by atoms with Crippen LogP contribution in [-0.2, 0) is 29.7 Å². The van der Waals surface area contributed by atoms with Crippen molar-refractivity contribution >= 4 is 12.4 Å². The highest BCUT2D eigenvalue weighted by molar-refractivity contribution is 5.85. The van der Waals surface area contributed by atoms with Crippen molar-refractivity contribution in [2.24, 2.45) is 7.05 Å². The summed E-state index contributed by atoms with van der Waals surface area (Å²) in [6, 6.07) is 10.6. The molecule has 2 N–H and O–H groups in total. The molecule has 7 nitrogen and oxygen atoms in total. The maximum absolute atomic E-state index is 13.5. The van der Waals surface area contributed by atoms with E-state index in [1.165, 1.54) is 0 Å². The van der Waals surface area contributed by atoms with Crippen molar-refractivity contribution in [1.29, 1.82) is 0 Å². The number of hydrogen-bond acceptors (Lipinski definition) is 6. The number of nitrogens with one attached hydrogen (secondary N) is 1. The van der Waals surface area contributed by atoms with E-state index in [0.717, 1.165) is 5.56 Å². The van der Waals surface area contributed by atoms with E-state index in [1.807, 2.05) is 30.3 Å². The predicted octanol–water partition coefficient (Wildman–Crippen LogP) is 4.92. The van der Waals surface area contributed by atoms with Gasteiger partial charge in [-0.05, 0) is 59.0 Å². The Labute approximate surface area is 226 Å². The molecule has 3 heterocycles. The van der Waals surface area contributed by atoms with Crippen LogP contribution in [-0.4, -0.2) is 44.1 Å². The van der Waals surface area contributed by atoms with Crippen molar-refractivity contribution in [2.45, 2.75) is 61.3 Å². The average Bonchev–Trinajstić information content (AvgIpc) is 3.44. The number of aromatic nitrogens is 4. The van der Waals surface area contributed by atoms with Gasteiger partial charge in [-0.2, -0.15) is 26.3 Å². The maximum atomic E-state index is 13.5. The molecule has 2 bridgehead atoms. The first-order chi connectivity index (χ1) is 17.9. The van der Waals surface area contributed by atoms with Crippen LogP contribution in [0.2, 0.25) is 0 Å². The zero-order valence-electron chi connectivity index (χ0n) is 20.6. The van der Waals surface area contributed by atoms with E-state index in [4.69, 9.17) is 4.74 Å². The Morgan fingerprint density at radius 3 is 2.23 bits per heavy atom. The van der Waals surface area contributed by atoms with Crippen molar-refractivity contribution in [1.82, 2.24) is 25.5 Å². The number of nitrogens with zero attached hydrogens (tertiary/aromatic N) is 4. The van der Waals surface area contributed by atoms with Crippen molar-refractivity contribution in [3.05, 3.63) is 76.6 Å². The van der Waals surface area contributed by atoms with Crippen LogP contribution in [0, 0.1) is 0 Å². The summed E-state index contributed by atoms with van der Waals surface area (Å²) in [4.78, 5) is 0. The summed E-state index contributed by atoms with van der Waals surface area (Å²) >= 11 is 0. The first kappa shape index (κ1) is 29.2. The lowest BCUT2D eigenvalue weighted by molar-refractivity contribution is -0.143. The number of aliphatic hydroxyl groups excluding tert-OH is 1. The SMILES string of the molecule is Cl.Cn1nnnc1C1C[C@]2(c3ccccc3)N[C@H]1CC[C@H]2O[C@@H](CO)c1cc(C(F)(F)F)cc(C(F)(F)F)c1. The molecule has 2 aliphatic rings. The molecule has 1 aromatic heterocycles. The lowest BCUT2D eigenvalue weighted by Crippen LogP contribution is -2.55. The van der Waals surface area contributed by atoms with Crippen LogP contribution < -0.4 is 5.32 Å². The Bertz CT molecular complexity index is 1260. The summed E-state index contributed by atoms with van der Waals surface area (Å²) in [5.74, 6) is 0.550. The number of ether oxygens (including phenoxy) is 1. The molecule has 0 amide bonds. The van der Waals surface area contributed by atoms with Crippen molar-refractivity contribution in [3.8, 4) is 0 Å². The largest absolute Gasteiger partial charge is 0.416 e. The van der Waals surface area contributed by atoms with Crippen LogP contribution in [0.25, 0.3) is 0 Å². The minimum absolute atomic E-state index is 0. The number of aliphatic hydroxyl groups is 1. The molecule has 0 spiro atoms. The molecule has 5 rings (SSSR count). The van der Waals surface area contributed by atoms with E-state index in [-0.39, 0.29) is 30.4 Å². The van der Waals surface area contributed by atoms with Crippen LogP contribution >= 0.6 is 12.4 Å². The Kier molecular flexibility index (Phi) is 8.01. The normalized spacial score (nSPS) is 25.8. The summed E-state index contributed by atoms with van der Waals surface area (Å²) in [6.07, 6.45) is -10.6. The molecule has 0 radical (unpaired) electrons. The summed E-state index contributed by atoms with van der Waals surface area (Å²) < 4.78 is 88.7. The number of alkyl halides is 6. The van der Waals surface area contributed by atoms with Crippen molar-refractivity contribution in [2.75, 3.05) is 6.61 Å². The molecule has 212 valence electrons. The Morgan fingerprint density at radius 1 is 1.05 bits per heavy atom. The van der Waals surface area contributed by atoms with Gasteiger partial charge in [0.25, 0.3) is 0 Å². The van der Waals surface area contributed by atoms with Gasteiger partial charge in [0, 0.05) is 19.0 Å². The van der Waals surface area contributed by atoms with E-state index < -0.39 is 53.4 Å². The number of tetrazole rings is 1. The monoisotopic (exact) mass is 577 g/mol. The number of piperidine rings is 1. The lowest BCUT2D eigenvalue weighted by Gasteiger charge is -2.43. The third-order valence-electron chi connectivity index (χ3n) is 7.51. The first-order valence-corrected chi connectivity index (χ1v) is 12.0. The van der Waals surface area contributed by atoms with Crippen molar-refractivity contribution < 1.29 is 36.2 Å². The molecule has 39 heavy (non-hydrogen) atoms. The smallest absolute Gasteiger partial charge is 0.393 e. The number of halogens is 7. The van der Waals surface area contributed by atoms with Crippen LogP contribution in [0.5, 0.6) is 0 Å². The summed E-state index contributed by atoms with van der Waals surface area (Å²) in [7, 11) is 1.73. The van der Waals surface area contributed by atoms with Crippen LogP contribution in [0.1, 0.15) is 59.4 Å². The highest BCUT2D eigenvalue weighted by atomic mass is 35.5. The van der Waals surface area contributed by atoms with E-state index in [9.17, 15) is 31.4 Å². The van der Waals surface area contributed by atoms with Crippen LogP contribution in [0.3, 0.4) is 0 Å². The molecule has 0 saturated carbocycles. The number of benzene rings is 2. The topological polar surface area (TPSA) is 85.1 Å². The Balaban J connectivity index is 0.00000353. The molecule has 14 heteroatoms. The molecule has 2 fully saturated rings. The van der Waals surface area contributed by atoms with E-state index >= 15 is 0 Å². The second-order valence-electron chi connectivity index (χ2n) is 9.77. The third-order valence-corrected chi connectivity index (χ3v) is 7.51. The van der Waals surface area contributed by atoms with Gasteiger partial charge >= 0.3 is 12.4 Å². The predicted molar refractivity (Wildman–Crippen MR) is 129 cm³/mol. The van der Waals surface area contributed by atoms with Crippen molar-refractivity contribution in [3.63, 3.8) is 0 Å². The molecular formula is C25H26ClF6N5O2. The van der Waals surface area contributed by atoms with Gasteiger partial charge in [0.2, 0.25) is 0 Å². The Hall–Kier alpha value is -2.74. The van der Waals surface area contributed by atoms with E-state index in [0.29, 0.717) is 37.2 Å².